The van der Waals surface area contributed by atoms with E-state index in [0.29, 0.717) is 11.5 Å². The van der Waals surface area contributed by atoms with E-state index >= 15 is 0 Å². The molecule has 5 nitrogen and oxygen atoms in total. The number of unbranched alkanes of at least 4 members (excludes halogenated alkanes) is 1. The Kier molecular flexibility index (Phi) is 6.23. The second-order valence-electron chi connectivity index (χ2n) is 4.84. The quantitative estimate of drug-likeness (QED) is 0.601. The predicted molar refractivity (Wildman–Crippen MR) is 85.0 cm³/mol. The molecule has 0 atom stereocenters. The largest absolute Gasteiger partial charge is 0.484 e. The molecule has 1 amide bonds. The van der Waals surface area contributed by atoms with E-state index in [1.165, 1.54) is 30.9 Å². The normalized spacial score (nSPS) is 10.8. The monoisotopic (exact) mass is 300 g/mol. The number of carbonyl (C=O) groups is 1. The molecular formula is C17H20N2O3. The second-order valence-corrected chi connectivity index (χ2v) is 4.84. The Bertz CT molecular complexity index is 589. The zero-order valence-electron chi connectivity index (χ0n) is 12.6. The van der Waals surface area contributed by atoms with E-state index in [0.717, 1.165) is 6.42 Å². The zero-order valence-corrected chi connectivity index (χ0v) is 12.6. The summed E-state index contributed by atoms with van der Waals surface area (Å²) in [6.45, 7) is 2.09. The molecule has 2 aromatic rings. The molecule has 0 radical (unpaired) electrons. The van der Waals surface area contributed by atoms with Crippen molar-refractivity contribution in [2.75, 3.05) is 6.61 Å². The number of aryl methyl sites for hydroxylation is 1. The number of nitrogens with one attached hydrogen (secondary N) is 1. The molecule has 1 aromatic heterocycles. The lowest BCUT2D eigenvalue weighted by Gasteiger charge is -2.06. The van der Waals surface area contributed by atoms with E-state index in [1.54, 1.807) is 12.1 Å². The highest BCUT2D eigenvalue weighted by Gasteiger charge is 2.02. The van der Waals surface area contributed by atoms with Crippen LogP contribution in [0, 0.1) is 0 Å². The van der Waals surface area contributed by atoms with Gasteiger partial charge in [-0.25, -0.2) is 5.43 Å². The van der Waals surface area contributed by atoms with Crippen LogP contribution in [0.1, 0.15) is 31.1 Å². The third-order valence-corrected chi connectivity index (χ3v) is 3.04. The lowest BCUT2D eigenvalue weighted by Crippen LogP contribution is -2.24. The number of amides is 1. The first-order chi connectivity index (χ1) is 10.8. The number of rotatable bonds is 8. The van der Waals surface area contributed by atoms with E-state index in [-0.39, 0.29) is 12.5 Å². The lowest BCUT2D eigenvalue weighted by atomic mass is 10.1. The zero-order chi connectivity index (χ0) is 15.6. The molecule has 1 aromatic carbocycles. The van der Waals surface area contributed by atoms with Crippen molar-refractivity contribution < 1.29 is 13.9 Å². The highest BCUT2D eigenvalue weighted by molar-refractivity contribution is 5.81. The molecule has 0 saturated heterocycles. The van der Waals surface area contributed by atoms with Crippen molar-refractivity contribution in [1.82, 2.24) is 5.43 Å². The number of furan rings is 1. The molecule has 0 fully saturated rings. The first kappa shape index (κ1) is 15.8. The first-order valence-electron chi connectivity index (χ1n) is 7.35. The fourth-order valence-electron chi connectivity index (χ4n) is 1.85. The van der Waals surface area contributed by atoms with Gasteiger partial charge >= 0.3 is 0 Å². The van der Waals surface area contributed by atoms with Gasteiger partial charge in [-0.3, -0.25) is 4.79 Å². The van der Waals surface area contributed by atoms with Gasteiger partial charge in [-0.05, 0) is 42.7 Å². The molecule has 116 valence electrons. The van der Waals surface area contributed by atoms with Crippen LogP contribution in [-0.2, 0) is 11.2 Å². The minimum absolute atomic E-state index is 0.0796. The SMILES string of the molecule is CCCCc1ccc(OCC(=O)N/N=C/c2ccco2)cc1. The highest BCUT2D eigenvalue weighted by Crippen LogP contribution is 2.13. The molecule has 0 aliphatic rings. The number of nitrogens with zero attached hydrogens (tertiary/aromatic N) is 1. The molecule has 0 spiro atoms. The Labute approximate surface area is 130 Å². The summed E-state index contributed by atoms with van der Waals surface area (Å²) in [7, 11) is 0. The Balaban J connectivity index is 1.71. The van der Waals surface area contributed by atoms with Gasteiger partial charge in [0.05, 0.1) is 12.5 Å². The van der Waals surface area contributed by atoms with Gasteiger partial charge in [-0.1, -0.05) is 25.5 Å². The summed E-state index contributed by atoms with van der Waals surface area (Å²) in [6.07, 6.45) is 6.39. The van der Waals surface area contributed by atoms with Crippen LogP contribution in [0.2, 0.25) is 0 Å². The van der Waals surface area contributed by atoms with Gasteiger partial charge in [0, 0.05) is 0 Å². The van der Waals surface area contributed by atoms with Crippen molar-refractivity contribution in [2.24, 2.45) is 5.10 Å². The second kappa shape index (κ2) is 8.67. The molecule has 0 aliphatic carbocycles. The van der Waals surface area contributed by atoms with Crippen LogP contribution in [0.15, 0.2) is 52.2 Å². The van der Waals surface area contributed by atoms with Gasteiger partial charge < -0.3 is 9.15 Å². The molecular weight excluding hydrogens is 280 g/mol. The highest BCUT2D eigenvalue weighted by atomic mass is 16.5. The molecule has 0 unspecified atom stereocenters. The van der Waals surface area contributed by atoms with Crippen LogP contribution in [0.3, 0.4) is 0 Å². The molecule has 2 rings (SSSR count). The summed E-state index contributed by atoms with van der Waals surface area (Å²) < 4.78 is 10.5. The molecule has 0 bridgehead atoms. The predicted octanol–water partition coefficient (Wildman–Crippen LogP) is 3.15. The number of ether oxygens (including phenoxy) is 1. The van der Waals surface area contributed by atoms with Crippen molar-refractivity contribution in [1.29, 1.82) is 0 Å². The van der Waals surface area contributed by atoms with Gasteiger partial charge in [0.25, 0.3) is 5.91 Å². The molecule has 1 heterocycles. The lowest BCUT2D eigenvalue weighted by molar-refractivity contribution is -0.123. The smallest absolute Gasteiger partial charge is 0.277 e. The van der Waals surface area contributed by atoms with Gasteiger partial charge in [0.1, 0.15) is 11.5 Å². The topological polar surface area (TPSA) is 63.8 Å². The molecule has 0 saturated carbocycles. The average molecular weight is 300 g/mol. The van der Waals surface area contributed by atoms with E-state index in [9.17, 15) is 4.79 Å². The summed E-state index contributed by atoms with van der Waals surface area (Å²) >= 11 is 0. The van der Waals surface area contributed by atoms with E-state index in [2.05, 4.69) is 17.5 Å². The Morgan fingerprint density at radius 2 is 2.14 bits per heavy atom. The standard InChI is InChI=1S/C17H20N2O3/c1-2-3-5-14-7-9-15(10-8-14)22-13-17(20)19-18-12-16-6-4-11-21-16/h4,6-12H,2-3,5,13H2,1H3,(H,19,20)/b18-12+. The van der Waals surface area contributed by atoms with Gasteiger partial charge in [0.2, 0.25) is 0 Å². The van der Waals surface area contributed by atoms with Crippen molar-refractivity contribution >= 4 is 12.1 Å². The number of hydrogen-bond acceptors (Lipinski definition) is 4. The summed E-state index contributed by atoms with van der Waals surface area (Å²) in [6, 6.07) is 11.3. The van der Waals surface area contributed by atoms with Crippen LogP contribution < -0.4 is 10.2 Å². The van der Waals surface area contributed by atoms with Gasteiger partial charge in [-0.15, -0.1) is 0 Å². The van der Waals surface area contributed by atoms with Crippen molar-refractivity contribution in [3.05, 3.63) is 54.0 Å². The third kappa shape index (κ3) is 5.44. The van der Waals surface area contributed by atoms with Crippen LogP contribution >= 0.6 is 0 Å². The van der Waals surface area contributed by atoms with E-state index in [4.69, 9.17) is 9.15 Å². The maximum atomic E-state index is 11.6. The minimum atomic E-state index is -0.321. The number of hydrogen-bond donors (Lipinski definition) is 1. The number of carbonyl (C=O) groups excluding carboxylic acids is 1. The molecule has 22 heavy (non-hydrogen) atoms. The van der Waals surface area contributed by atoms with E-state index in [1.807, 2.05) is 24.3 Å². The van der Waals surface area contributed by atoms with Gasteiger partial charge in [-0.2, -0.15) is 5.10 Å². The van der Waals surface area contributed by atoms with Crippen LogP contribution in [-0.4, -0.2) is 18.7 Å². The maximum absolute atomic E-state index is 11.6. The molecule has 0 aliphatic heterocycles. The van der Waals surface area contributed by atoms with Crippen LogP contribution in [0.25, 0.3) is 0 Å². The van der Waals surface area contributed by atoms with Crippen LogP contribution in [0.5, 0.6) is 5.75 Å². The average Bonchev–Trinajstić information content (AvgIpc) is 3.05. The number of hydrazone groups is 1. The van der Waals surface area contributed by atoms with Crippen molar-refractivity contribution in [3.63, 3.8) is 0 Å². The minimum Gasteiger partial charge on any atom is -0.484 e. The number of benzene rings is 1. The fourth-order valence-corrected chi connectivity index (χ4v) is 1.85. The Morgan fingerprint density at radius 1 is 1.32 bits per heavy atom. The Morgan fingerprint density at radius 3 is 2.82 bits per heavy atom. The molecule has 5 heteroatoms. The van der Waals surface area contributed by atoms with Crippen molar-refractivity contribution in [2.45, 2.75) is 26.2 Å². The van der Waals surface area contributed by atoms with Gasteiger partial charge in [0.15, 0.2) is 6.61 Å². The van der Waals surface area contributed by atoms with E-state index < -0.39 is 0 Å². The Hall–Kier alpha value is -2.56. The fraction of sp³-hybridized carbons (Fsp3) is 0.294. The third-order valence-electron chi connectivity index (χ3n) is 3.04. The summed E-state index contributed by atoms with van der Waals surface area (Å²) in [4.78, 5) is 11.6. The van der Waals surface area contributed by atoms with Crippen molar-refractivity contribution in [3.8, 4) is 5.75 Å². The summed E-state index contributed by atoms with van der Waals surface area (Å²) in [5.74, 6) is 0.923. The summed E-state index contributed by atoms with van der Waals surface area (Å²) in [5.41, 5.74) is 3.66. The van der Waals surface area contributed by atoms with Crippen LogP contribution in [0.4, 0.5) is 0 Å². The molecule has 1 N–H and O–H groups in total. The first-order valence-corrected chi connectivity index (χ1v) is 7.35. The summed E-state index contributed by atoms with van der Waals surface area (Å²) in [5, 5.41) is 3.78. The maximum Gasteiger partial charge on any atom is 0.277 e.